The van der Waals surface area contributed by atoms with Crippen molar-refractivity contribution in [2.24, 2.45) is 0 Å². The summed E-state index contributed by atoms with van der Waals surface area (Å²) in [6, 6.07) is 1.40. The average molecular weight is 229 g/mol. The maximum atomic E-state index is 10.9. The van der Waals surface area contributed by atoms with Gasteiger partial charge in [0.2, 0.25) is 0 Å². The molecular formula is C10H9ClO4. The summed E-state index contributed by atoms with van der Waals surface area (Å²) in [5.41, 5.74) is 0.849. The van der Waals surface area contributed by atoms with Crippen molar-refractivity contribution in [2.75, 3.05) is 13.7 Å². The van der Waals surface area contributed by atoms with Gasteiger partial charge in [-0.1, -0.05) is 11.6 Å². The largest absolute Gasteiger partial charge is 0.492 e. The van der Waals surface area contributed by atoms with Gasteiger partial charge in [-0.25, -0.2) is 4.79 Å². The number of rotatable bonds is 2. The van der Waals surface area contributed by atoms with Gasteiger partial charge in [-0.05, 0) is 6.07 Å². The maximum absolute atomic E-state index is 10.9. The first-order chi connectivity index (χ1) is 7.15. The van der Waals surface area contributed by atoms with Crippen LogP contribution >= 0.6 is 11.6 Å². The Balaban J connectivity index is 2.68. The number of aromatic carboxylic acids is 1. The van der Waals surface area contributed by atoms with Crippen molar-refractivity contribution in [3.05, 3.63) is 22.2 Å². The molecule has 0 aliphatic carbocycles. The van der Waals surface area contributed by atoms with Crippen molar-refractivity contribution in [1.82, 2.24) is 0 Å². The zero-order valence-electron chi connectivity index (χ0n) is 8.04. The molecule has 0 radical (unpaired) electrons. The molecule has 1 aliphatic heterocycles. The summed E-state index contributed by atoms with van der Waals surface area (Å²) in [6.07, 6.45) is 0.685. The van der Waals surface area contributed by atoms with Crippen molar-refractivity contribution in [3.8, 4) is 11.5 Å². The number of hydrogen-bond acceptors (Lipinski definition) is 3. The van der Waals surface area contributed by atoms with Gasteiger partial charge in [-0.3, -0.25) is 0 Å². The van der Waals surface area contributed by atoms with E-state index < -0.39 is 5.97 Å². The van der Waals surface area contributed by atoms with Crippen LogP contribution in [-0.4, -0.2) is 24.8 Å². The Bertz CT molecular complexity index is 428. The molecule has 15 heavy (non-hydrogen) atoms. The first-order valence-electron chi connectivity index (χ1n) is 4.40. The summed E-state index contributed by atoms with van der Waals surface area (Å²) in [4.78, 5) is 10.9. The van der Waals surface area contributed by atoms with E-state index in [1.807, 2.05) is 0 Å². The fourth-order valence-corrected chi connectivity index (χ4v) is 1.94. The van der Waals surface area contributed by atoms with E-state index >= 15 is 0 Å². The average Bonchev–Trinajstić information content (AvgIpc) is 2.66. The summed E-state index contributed by atoms with van der Waals surface area (Å²) in [5.74, 6) is -0.367. The Morgan fingerprint density at radius 1 is 1.67 bits per heavy atom. The Morgan fingerprint density at radius 2 is 2.40 bits per heavy atom. The van der Waals surface area contributed by atoms with Gasteiger partial charge in [0.15, 0.2) is 11.5 Å². The van der Waals surface area contributed by atoms with Crippen LogP contribution in [0.4, 0.5) is 0 Å². The van der Waals surface area contributed by atoms with Crippen molar-refractivity contribution < 1.29 is 19.4 Å². The SMILES string of the molecule is COc1c(C(=O)O)cc(Cl)c2c1OCC2. The molecule has 0 amide bonds. The molecule has 4 nitrogen and oxygen atoms in total. The molecule has 0 fully saturated rings. The third kappa shape index (κ3) is 1.51. The fraction of sp³-hybridized carbons (Fsp3) is 0.300. The summed E-state index contributed by atoms with van der Waals surface area (Å²) in [7, 11) is 1.41. The zero-order chi connectivity index (χ0) is 11.0. The van der Waals surface area contributed by atoms with Crippen LogP contribution in [0.5, 0.6) is 11.5 Å². The first kappa shape index (κ1) is 10.1. The van der Waals surface area contributed by atoms with E-state index in [0.29, 0.717) is 23.8 Å². The van der Waals surface area contributed by atoms with Crippen molar-refractivity contribution in [1.29, 1.82) is 0 Å². The Labute approximate surface area is 91.4 Å². The number of methoxy groups -OCH3 is 1. The Morgan fingerprint density at radius 3 is 3.00 bits per heavy atom. The quantitative estimate of drug-likeness (QED) is 0.841. The lowest BCUT2D eigenvalue weighted by atomic mass is 10.1. The predicted molar refractivity (Wildman–Crippen MR) is 54.2 cm³/mol. The predicted octanol–water partition coefficient (Wildman–Crippen LogP) is 1.98. The monoisotopic (exact) mass is 228 g/mol. The third-order valence-electron chi connectivity index (χ3n) is 2.32. The van der Waals surface area contributed by atoms with Gasteiger partial charge < -0.3 is 14.6 Å². The van der Waals surface area contributed by atoms with E-state index in [-0.39, 0.29) is 11.3 Å². The smallest absolute Gasteiger partial charge is 0.339 e. The molecule has 1 aliphatic rings. The highest BCUT2D eigenvalue weighted by Gasteiger charge is 2.26. The Kier molecular flexibility index (Phi) is 2.44. The van der Waals surface area contributed by atoms with E-state index in [9.17, 15) is 4.79 Å². The molecule has 0 unspecified atom stereocenters. The van der Waals surface area contributed by atoms with E-state index in [1.165, 1.54) is 13.2 Å². The van der Waals surface area contributed by atoms with Gasteiger partial charge in [0.25, 0.3) is 0 Å². The van der Waals surface area contributed by atoms with Gasteiger partial charge in [0.05, 0.1) is 13.7 Å². The lowest BCUT2D eigenvalue weighted by molar-refractivity contribution is 0.0692. The minimum Gasteiger partial charge on any atom is -0.492 e. The molecule has 0 aromatic heterocycles. The molecule has 1 aromatic carbocycles. The third-order valence-corrected chi connectivity index (χ3v) is 2.65. The number of carbonyl (C=O) groups is 1. The van der Waals surface area contributed by atoms with Gasteiger partial charge >= 0.3 is 5.97 Å². The molecule has 0 saturated carbocycles. The molecule has 1 aromatic rings. The molecule has 0 bridgehead atoms. The molecule has 1 heterocycles. The van der Waals surface area contributed by atoms with Crippen LogP contribution < -0.4 is 9.47 Å². The van der Waals surface area contributed by atoms with E-state index in [1.54, 1.807) is 0 Å². The van der Waals surface area contributed by atoms with E-state index in [2.05, 4.69) is 0 Å². The van der Waals surface area contributed by atoms with Crippen LogP contribution in [0.25, 0.3) is 0 Å². The topological polar surface area (TPSA) is 55.8 Å². The summed E-state index contributed by atoms with van der Waals surface area (Å²) in [5, 5.41) is 9.38. The van der Waals surface area contributed by atoms with Crippen LogP contribution in [0.1, 0.15) is 15.9 Å². The zero-order valence-corrected chi connectivity index (χ0v) is 8.80. The Hall–Kier alpha value is -1.42. The summed E-state index contributed by atoms with van der Waals surface area (Å²) < 4.78 is 10.4. The molecule has 0 spiro atoms. The number of halogens is 1. The second-order valence-electron chi connectivity index (χ2n) is 3.15. The molecule has 1 N–H and O–H groups in total. The second-order valence-corrected chi connectivity index (χ2v) is 3.56. The van der Waals surface area contributed by atoms with Gasteiger partial charge in [0, 0.05) is 17.0 Å². The van der Waals surface area contributed by atoms with Crippen molar-refractivity contribution >= 4 is 17.6 Å². The molecule has 0 saturated heterocycles. The molecule has 80 valence electrons. The molecule has 2 rings (SSSR count). The number of fused-ring (bicyclic) bond motifs is 1. The normalized spacial score (nSPS) is 13.2. The number of hydrogen-bond donors (Lipinski definition) is 1. The lowest BCUT2D eigenvalue weighted by Crippen LogP contribution is -2.02. The van der Waals surface area contributed by atoms with Crippen LogP contribution in [0.2, 0.25) is 5.02 Å². The summed E-state index contributed by atoms with van der Waals surface area (Å²) >= 11 is 5.95. The highest BCUT2D eigenvalue weighted by Crippen LogP contribution is 2.42. The minimum absolute atomic E-state index is 0.0307. The lowest BCUT2D eigenvalue weighted by Gasteiger charge is -2.10. The van der Waals surface area contributed by atoms with Crippen molar-refractivity contribution in [3.63, 3.8) is 0 Å². The number of ether oxygens (including phenoxy) is 2. The summed E-state index contributed by atoms with van der Waals surface area (Å²) in [6.45, 7) is 0.508. The molecule has 5 heteroatoms. The first-order valence-corrected chi connectivity index (χ1v) is 4.78. The van der Waals surface area contributed by atoms with Gasteiger partial charge in [0.1, 0.15) is 5.56 Å². The number of carboxylic acids is 1. The van der Waals surface area contributed by atoms with Gasteiger partial charge in [-0.2, -0.15) is 0 Å². The highest BCUT2D eigenvalue weighted by atomic mass is 35.5. The van der Waals surface area contributed by atoms with Crippen LogP contribution in [0.3, 0.4) is 0 Å². The fourth-order valence-electron chi connectivity index (χ4n) is 1.65. The van der Waals surface area contributed by atoms with Crippen molar-refractivity contribution in [2.45, 2.75) is 6.42 Å². The van der Waals surface area contributed by atoms with Crippen LogP contribution in [-0.2, 0) is 6.42 Å². The second kappa shape index (κ2) is 3.62. The van der Waals surface area contributed by atoms with Crippen LogP contribution in [0.15, 0.2) is 6.07 Å². The van der Waals surface area contributed by atoms with Gasteiger partial charge in [-0.15, -0.1) is 0 Å². The van der Waals surface area contributed by atoms with Crippen LogP contribution in [0, 0.1) is 0 Å². The maximum Gasteiger partial charge on any atom is 0.339 e. The minimum atomic E-state index is -1.08. The number of carboxylic acid groups (broad SMARTS) is 1. The standard InChI is InChI=1S/C10H9ClO4/c1-14-8-6(10(12)13)4-7(11)5-2-3-15-9(5)8/h4H,2-3H2,1H3,(H,12,13). The molecular weight excluding hydrogens is 220 g/mol. The number of benzene rings is 1. The highest BCUT2D eigenvalue weighted by molar-refractivity contribution is 6.32. The molecule has 0 atom stereocenters. The van der Waals surface area contributed by atoms with E-state index in [0.717, 1.165) is 5.56 Å². The van der Waals surface area contributed by atoms with E-state index in [4.69, 9.17) is 26.2 Å².